The Morgan fingerprint density at radius 1 is 0.625 bits per heavy atom. The molecule has 0 saturated heterocycles. The van der Waals surface area contributed by atoms with Gasteiger partial charge in [0, 0.05) is 34.3 Å². The van der Waals surface area contributed by atoms with E-state index in [1.807, 2.05) is 110 Å². The minimum atomic E-state index is -0.524. The molecule has 1 aliphatic carbocycles. The van der Waals surface area contributed by atoms with E-state index in [0.29, 0.717) is 29.0 Å². The van der Waals surface area contributed by atoms with Crippen molar-refractivity contribution in [3.05, 3.63) is 180 Å². The van der Waals surface area contributed by atoms with E-state index in [2.05, 4.69) is 48.7 Å². The van der Waals surface area contributed by atoms with Crippen molar-refractivity contribution in [2.45, 2.75) is 38.2 Å². The molecule has 5 aromatic rings. The lowest BCUT2D eigenvalue weighted by atomic mass is 9.78. The molecule has 1 atom stereocenters. The van der Waals surface area contributed by atoms with Crippen molar-refractivity contribution in [2.75, 3.05) is 5.32 Å². The fourth-order valence-corrected chi connectivity index (χ4v) is 5.53. The van der Waals surface area contributed by atoms with Crippen molar-refractivity contribution in [3.8, 4) is 17.2 Å². The lowest BCUT2D eigenvalue weighted by Crippen LogP contribution is -2.33. The molecule has 0 aromatic heterocycles. The van der Waals surface area contributed by atoms with Crippen LogP contribution in [0.5, 0.6) is 17.2 Å². The van der Waals surface area contributed by atoms with E-state index in [9.17, 15) is 9.59 Å². The highest BCUT2D eigenvalue weighted by atomic mass is 16.5. The molecule has 48 heavy (non-hydrogen) atoms. The molecule has 1 aliphatic rings. The zero-order valence-electron chi connectivity index (χ0n) is 27.3. The maximum atomic E-state index is 12.5. The number of allylic oxidation sites excluding steroid dienone is 1. The highest BCUT2D eigenvalue weighted by Gasteiger charge is 2.27. The smallest absolute Gasteiger partial charge is 0.255 e. The van der Waals surface area contributed by atoms with Gasteiger partial charge in [0.15, 0.2) is 0 Å². The third-order valence-electron chi connectivity index (χ3n) is 8.52. The molecule has 0 aliphatic heterocycles. The minimum absolute atomic E-state index is 0.131. The van der Waals surface area contributed by atoms with Crippen molar-refractivity contribution < 1.29 is 19.1 Å². The average Bonchev–Trinajstić information content (AvgIpc) is 3.11. The van der Waals surface area contributed by atoms with E-state index in [1.54, 1.807) is 24.3 Å². The Balaban J connectivity index is 1.03. The Labute approximate surface area is 281 Å². The van der Waals surface area contributed by atoms with Gasteiger partial charge in [0.2, 0.25) is 0 Å². The molecule has 0 heterocycles. The number of carbonyl (C=O) groups is 2. The van der Waals surface area contributed by atoms with Gasteiger partial charge in [-0.2, -0.15) is 0 Å². The first-order valence-electron chi connectivity index (χ1n) is 16.0. The maximum Gasteiger partial charge on any atom is 0.255 e. The van der Waals surface area contributed by atoms with Crippen LogP contribution in [0.1, 0.15) is 59.0 Å². The van der Waals surface area contributed by atoms with Crippen molar-refractivity contribution in [1.29, 1.82) is 0 Å². The van der Waals surface area contributed by atoms with Gasteiger partial charge in [-0.05, 0) is 103 Å². The van der Waals surface area contributed by atoms with E-state index in [1.165, 1.54) is 0 Å². The summed E-state index contributed by atoms with van der Waals surface area (Å²) in [5, 5.41) is 5.87. The normalized spacial score (nSPS) is 15.6. The largest absolute Gasteiger partial charge is 0.483 e. The third-order valence-corrected chi connectivity index (χ3v) is 8.52. The van der Waals surface area contributed by atoms with Gasteiger partial charge in [-0.1, -0.05) is 80.6 Å². The zero-order valence-corrected chi connectivity index (χ0v) is 27.3. The highest BCUT2D eigenvalue weighted by molar-refractivity contribution is 6.04. The number of hydrogen-bond acceptors (Lipinski definition) is 4. The van der Waals surface area contributed by atoms with E-state index < -0.39 is 5.60 Å². The molecule has 2 amide bonds. The molecule has 6 heteroatoms. The Kier molecular flexibility index (Phi) is 9.26. The molecule has 2 N–H and O–H groups in total. The summed E-state index contributed by atoms with van der Waals surface area (Å²) >= 11 is 0. The van der Waals surface area contributed by atoms with E-state index >= 15 is 0 Å². The minimum Gasteiger partial charge on any atom is -0.483 e. The third kappa shape index (κ3) is 7.73. The summed E-state index contributed by atoms with van der Waals surface area (Å²) in [5.74, 6) is 1.90. The average molecular weight is 635 g/mol. The van der Waals surface area contributed by atoms with Crippen LogP contribution in [-0.4, -0.2) is 17.4 Å². The molecule has 0 spiro atoms. The van der Waals surface area contributed by atoms with Gasteiger partial charge in [0.05, 0.1) is 0 Å². The van der Waals surface area contributed by atoms with Gasteiger partial charge in [-0.3, -0.25) is 9.59 Å². The van der Waals surface area contributed by atoms with E-state index in [-0.39, 0.29) is 17.2 Å². The van der Waals surface area contributed by atoms with Gasteiger partial charge in [-0.15, -0.1) is 0 Å². The van der Waals surface area contributed by atoms with E-state index in [0.717, 1.165) is 28.3 Å². The quantitative estimate of drug-likeness (QED) is 0.160. The van der Waals surface area contributed by atoms with Crippen LogP contribution >= 0.6 is 0 Å². The molecule has 6 nitrogen and oxygen atoms in total. The van der Waals surface area contributed by atoms with Crippen LogP contribution in [0.4, 0.5) is 5.69 Å². The standard InChI is InChI=1S/C42H38N2O4/c1-41(2,32-14-20-36(21-15-32)47-37-24-18-34(19-25-37)43-39(45)30-10-6-4-7-11-30)33-16-22-38(23-17-33)48-42(3)28-26-35(27-29-42)44-40(46)31-12-8-5-9-13-31/h4-28H,29H2,1-3H3,(H,43,45)(H,44,46). The number of rotatable bonds is 10. The molecule has 1 unspecified atom stereocenters. The van der Waals surface area contributed by atoms with Crippen LogP contribution < -0.4 is 20.1 Å². The fourth-order valence-electron chi connectivity index (χ4n) is 5.53. The summed E-state index contributed by atoms with van der Waals surface area (Å²) in [6, 6.07) is 42.0. The number of ether oxygens (including phenoxy) is 2. The second kappa shape index (κ2) is 13.9. The molecular weight excluding hydrogens is 596 g/mol. The van der Waals surface area contributed by atoms with Crippen LogP contribution in [0.25, 0.3) is 0 Å². The fraction of sp³-hybridized carbons (Fsp3) is 0.143. The van der Waals surface area contributed by atoms with Crippen molar-refractivity contribution in [2.24, 2.45) is 0 Å². The summed E-state index contributed by atoms with van der Waals surface area (Å²) < 4.78 is 12.5. The van der Waals surface area contributed by atoms with E-state index in [4.69, 9.17) is 9.47 Å². The molecular formula is C42H38N2O4. The Morgan fingerprint density at radius 2 is 1.10 bits per heavy atom. The van der Waals surface area contributed by atoms with Gasteiger partial charge in [0.1, 0.15) is 22.8 Å². The van der Waals surface area contributed by atoms with Crippen LogP contribution in [0.3, 0.4) is 0 Å². The van der Waals surface area contributed by atoms with Gasteiger partial charge in [-0.25, -0.2) is 0 Å². The molecule has 6 rings (SSSR count). The van der Waals surface area contributed by atoms with Gasteiger partial charge in [0.25, 0.3) is 11.8 Å². The molecule has 0 bridgehead atoms. The number of anilines is 1. The number of benzene rings is 5. The lowest BCUT2D eigenvalue weighted by molar-refractivity contribution is 0.0963. The summed E-state index contributed by atoms with van der Waals surface area (Å²) in [7, 11) is 0. The summed E-state index contributed by atoms with van der Waals surface area (Å²) in [6.45, 7) is 6.43. The zero-order chi connectivity index (χ0) is 33.6. The Morgan fingerprint density at radius 3 is 1.60 bits per heavy atom. The van der Waals surface area contributed by atoms with Crippen LogP contribution in [-0.2, 0) is 5.41 Å². The molecule has 0 saturated carbocycles. The Bertz CT molecular complexity index is 1930. The first-order valence-corrected chi connectivity index (χ1v) is 16.0. The SMILES string of the molecule is CC1(Oc2ccc(C(C)(C)c3ccc(Oc4ccc(NC(=O)c5ccccc5)cc4)cc3)cc2)C=CC(NC(=O)c2ccccc2)=CC1. The first kappa shape index (κ1) is 32.1. The molecule has 240 valence electrons. The van der Waals surface area contributed by atoms with Crippen molar-refractivity contribution in [1.82, 2.24) is 5.32 Å². The predicted octanol–water partition coefficient (Wildman–Crippen LogP) is 9.47. The van der Waals surface area contributed by atoms with Gasteiger partial charge >= 0.3 is 0 Å². The summed E-state index contributed by atoms with van der Waals surface area (Å²) in [4.78, 5) is 24.9. The van der Waals surface area contributed by atoms with Crippen LogP contribution in [0, 0.1) is 0 Å². The number of nitrogens with one attached hydrogen (secondary N) is 2. The molecule has 5 aromatic carbocycles. The lowest BCUT2D eigenvalue weighted by Gasteiger charge is -2.30. The second-order valence-corrected chi connectivity index (χ2v) is 12.6. The van der Waals surface area contributed by atoms with Crippen LogP contribution in [0.15, 0.2) is 157 Å². The molecule has 0 fully saturated rings. The number of carbonyl (C=O) groups excluding carboxylic acids is 2. The second-order valence-electron chi connectivity index (χ2n) is 12.6. The maximum absolute atomic E-state index is 12.5. The topological polar surface area (TPSA) is 76.7 Å². The predicted molar refractivity (Wildman–Crippen MR) is 191 cm³/mol. The summed E-state index contributed by atoms with van der Waals surface area (Å²) in [5.41, 5.74) is 4.23. The monoisotopic (exact) mass is 634 g/mol. The van der Waals surface area contributed by atoms with Crippen molar-refractivity contribution >= 4 is 17.5 Å². The highest BCUT2D eigenvalue weighted by Crippen LogP contribution is 2.35. The summed E-state index contributed by atoms with van der Waals surface area (Å²) in [6.07, 6.45) is 6.52. The first-order chi connectivity index (χ1) is 23.2. The van der Waals surface area contributed by atoms with Gasteiger partial charge < -0.3 is 20.1 Å². The molecule has 0 radical (unpaired) electrons. The number of amides is 2. The Hall–Kier alpha value is -5.88. The number of hydrogen-bond donors (Lipinski definition) is 2. The van der Waals surface area contributed by atoms with Crippen molar-refractivity contribution in [3.63, 3.8) is 0 Å². The van der Waals surface area contributed by atoms with Crippen LogP contribution in [0.2, 0.25) is 0 Å².